The van der Waals surface area contributed by atoms with E-state index in [0.717, 1.165) is 15.9 Å². The van der Waals surface area contributed by atoms with Gasteiger partial charge in [0.25, 0.3) is 0 Å². The van der Waals surface area contributed by atoms with Crippen molar-refractivity contribution in [2.75, 3.05) is 0 Å². The summed E-state index contributed by atoms with van der Waals surface area (Å²) in [6.45, 7) is 0. The van der Waals surface area contributed by atoms with Crippen LogP contribution in [0.2, 0.25) is 0 Å². The molecule has 0 aliphatic rings. The van der Waals surface area contributed by atoms with E-state index in [9.17, 15) is 13.2 Å². The van der Waals surface area contributed by atoms with Crippen molar-refractivity contribution in [2.45, 2.75) is 14.7 Å². The van der Waals surface area contributed by atoms with Crippen molar-refractivity contribution in [1.29, 1.82) is 0 Å². The van der Waals surface area contributed by atoms with Crippen LogP contribution in [-0.2, 0) is 10.9 Å². The van der Waals surface area contributed by atoms with Gasteiger partial charge in [-0.1, -0.05) is 18.2 Å². The Labute approximate surface area is 129 Å². The van der Waals surface area contributed by atoms with Crippen LogP contribution in [0.25, 0.3) is 0 Å². The third kappa shape index (κ3) is 3.02. The fraction of sp³-hybridized carbons (Fsp3) is 0. The van der Waals surface area contributed by atoms with Crippen molar-refractivity contribution in [1.82, 2.24) is 0 Å². The summed E-state index contributed by atoms with van der Waals surface area (Å²) in [6.07, 6.45) is 0. The number of benzene rings is 3. The van der Waals surface area contributed by atoms with E-state index in [-0.39, 0.29) is 5.82 Å². The summed E-state index contributed by atoms with van der Waals surface area (Å²) in [5.41, 5.74) is 0. The Morgan fingerprint density at radius 1 is 0.545 bits per heavy atom. The van der Waals surface area contributed by atoms with E-state index in [1.54, 1.807) is 18.2 Å². The maximum Gasteiger partial charge on any atom is 0.169 e. The van der Waals surface area contributed by atoms with Crippen molar-refractivity contribution in [2.24, 2.45) is 0 Å². The summed E-state index contributed by atoms with van der Waals surface area (Å²) in [6, 6.07) is 19.5. The molecule has 0 spiro atoms. The molecule has 4 heteroatoms. The van der Waals surface area contributed by atoms with Crippen molar-refractivity contribution in [3.05, 3.63) is 90.2 Å². The molecule has 3 aromatic rings. The second-order valence-electron chi connectivity index (χ2n) is 4.65. The van der Waals surface area contributed by atoms with E-state index in [1.165, 1.54) is 18.2 Å². The van der Waals surface area contributed by atoms with Gasteiger partial charge in [-0.25, -0.2) is 13.2 Å². The highest BCUT2D eigenvalue weighted by molar-refractivity contribution is 7.97. The summed E-state index contributed by atoms with van der Waals surface area (Å²) < 4.78 is 40.0. The maximum atomic E-state index is 13.6. The minimum Gasteiger partial charge on any atom is -0.207 e. The van der Waals surface area contributed by atoms with Gasteiger partial charge in [0.2, 0.25) is 0 Å². The largest absolute Gasteiger partial charge is 0.207 e. The lowest BCUT2D eigenvalue weighted by molar-refractivity contribution is 0.506. The SMILES string of the molecule is Fc1ccc([S+](c2ccccc2)c2ccc(F)c(F)c2)cc1. The van der Waals surface area contributed by atoms with Crippen LogP contribution in [0.3, 0.4) is 0 Å². The monoisotopic (exact) mass is 317 g/mol. The first-order valence-corrected chi connectivity index (χ1v) is 7.87. The average molecular weight is 317 g/mol. The Kier molecular flexibility index (Phi) is 4.20. The Hall–Kier alpha value is -2.20. The zero-order valence-electron chi connectivity index (χ0n) is 11.5. The van der Waals surface area contributed by atoms with Gasteiger partial charge in [-0.3, -0.25) is 0 Å². The van der Waals surface area contributed by atoms with Crippen molar-refractivity contribution >= 4 is 10.9 Å². The molecule has 1 atom stereocenters. The molecule has 0 aliphatic heterocycles. The molecule has 0 aliphatic carbocycles. The number of hydrogen-bond donors (Lipinski definition) is 0. The van der Waals surface area contributed by atoms with Crippen LogP contribution in [0.15, 0.2) is 87.5 Å². The highest BCUT2D eigenvalue weighted by atomic mass is 32.2. The fourth-order valence-electron chi connectivity index (χ4n) is 2.14. The highest BCUT2D eigenvalue weighted by Gasteiger charge is 2.29. The zero-order valence-corrected chi connectivity index (χ0v) is 12.3. The summed E-state index contributed by atoms with van der Waals surface area (Å²) in [5, 5.41) is 0. The third-order valence-corrected chi connectivity index (χ3v) is 5.37. The van der Waals surface area contributed by atoms with Crippen molar-refractivity contribution < 1.29 is 13.2 Å². The molecule has 110 valence electrons. The van der Waals surface area contributed by atoms with Gasteiger partial charge in [0.1, 0.15) is 5.82 Å². The lowest BCUT2D eigenvalue weighted by Crippen LogP contribution is -2.05. The van der Waals surface area contributed by atoms with Gasteiger partial charge in [0.15, 0.2) is 26.3 Å². The highest BCUT2D eigenvalue weighted by Crippen LogP contribution is 2.31. The first kappa shape index (κ1) is 14.7. The first-order chi connectivity index (χ1) is 10.6. The first-order valence-electron chi connectivity index (χ1n) is 6.65. The van der Waals surface area contributed by atoms with E-state index in [4.69, 9.17) is 0 Å². The molecule has 3 rings (SSSR count). The maximum absolute atomic E-state index is 13.6. The summed E-state index contributed by atoms with van der Waals surface area (Å²) in [5.74, 6) is -2.09. The lowest BCUT2D eigenvalue weighted by Gasteiger charge is -2.08. The van der Waals surface area contributed by atoms with Gasteiger partial charge in [-0.05, 0) is 48.5 Å². The van der Waals surface area contributed by atoms with E-state index < -0.39 is 22.5 Å². The van der Waals surface area contributed by atoms with Gasteiger partial charge in [0, 0.05) is 6.07 Å². The molecule has 0 amide bonds. The number of hydrogen-bond acceptors (Lipinski definition) is 0. The molecule has 0 nitrogen and oxygen atoms in total. The molecule has 0 saturated heterocycles. The van der Waals surface area contributed by atoms with Crippen LogP contribution in [0, 0.1) is 17.5 Å². The van der Waals surface area contributed by atoms with E-state index in [1.807, 2.05) is 30.3 Å². The minimum absolute atomic E-state index is 0.328. The lowest BCUT2D eigenvalue weighted by atomic mass is 10.3. The van der Waals surface area contributed by atoms with Crippen LogP contribution in [0.1, 0.15) is 0 Å². The average Bonchev–Trinajstić information content (AvgIpc) is 2.54. The van der Waals surface area contributed by atoms with Gasteiger partial charge >= 0.3 is 0 Å². The molecule has 0 heterocycles. The standard InChI is InChI=1S/C18H12F3S/c19-13-6-8-15(9-7-13)22(14-4-2-1-3-5-14)16-10-11-17(20)18(21)12-16/h1-12H/q+1. The van der Waals surface area contributed by atoms with Crippen LogP contribution in [0.5, 0.6) is 0 Å². The Bertz CT molecular complexity index is 770. The van der Waals surface area contributed by atoms with Crippen LogP contribution >= 0.6 is 0 Å². The van der Waals surface area contributed by atoms with Crippen molar-refractivity contribution in [3.8, 4) is 0 Å². The molecule has 3 aromatic carbocycles. The molecule has 0 bridgehead atoms. The predicted molar refractivity (Wildman–Crippen MR) is 81.4 cm³/mol. The Balaban J connectivity index is 2.14. The third-order valence-electron chi connectivity index (χ3n) is 3.16. The second kappa shape index (κ2) is 6.28. The van der Waals surface area contributed by atoms with Gasteiger partial charge < -0.3 is 0 Å². The van der Waals surface area contributed by atoms with Crippen LogP contribution in [0.4, 0.5) is 13.2 Å². The van der Waals surface area contributed by atoms with Gasteiger partial charge in [-0.2, -0.15) is 0 Å². The second-order valence-corrected chi connectivity index (χ2v) is 6.68. The van der Waals surface area contributed by atoms with Gasteiger partial charge in [-0.15, -0.1) is 0 Å². The van der Waals surface area contributed by atoms with E-state index in [0.29, 0.717) is 4.90 Å². The summed E-state index contributed by atoms with van der Waals surface area (Å²) in [7, 11) is -0.615. The molecular weight excluding hydrogens is 305 g/mol. The molecule has 1 unspecified atom stereocenters. The summed E-state index contributed by atoms with van der Waals surface area (Å²) >= 11 is 0. The number of halogens is 3. The molecule has 0 saturated carbocycles. The fourth-order valence-corrected chi connectivity index (χ4v) is 4.22. The molecule has 22 heavy (non-hydrogen) atoms. The Morgan fingerprint density at radius 3 is 1.77 bits per heavy atom. The molecule has 0 N–H and O–H groups in total. The smallest absolute Gasteiger partial charge is 0.169 e. The zero-order chi connectivity index (χ0) is 15.5. The van der Waals surface area contributed by atoms with E-state index >= 15 is 0 Å². The topological polar surface area (TPSA) is 0 Å². The Morgan fingerprint density at radius 2 is 1.14 bits per heavy atom. The van der Waals surface area contributed by atoms with Crippen LogP contribution < -0.4 is 0 Å². The predicted octanol–water partition coefficient (Wildman–Crippen LogP) is 5.20. The van der Waals surface area contributed by atoms with Crippen LogP contribution in [-0.4, -0.2) is 0 Å². The molecule has 0 aromatic heterocycles. The minimum atomic E-state index is -0.881. The quantitative estimate of drug-likeness (QED) is 0.583. The summed E-state index contributed by atoms with van der Waals surface area (Å²) in [4.78, 5) is 2.45. The molecule has 0 radical (unpaired) electrons. The van der Waals surface area contributed by atoms with Crippen molar-refractivity contribution in [3.63, 3.8) is 0 Å². The van der Waals surface area contributed by atoms with Gasteiger partial charge in [0.05, 0.1) is 10.9 Å². The number of rotatable bonds is 3. The molecule has 0 fully saturated rings. The molecular formula is C18H12F3S+. The van der Waals surface area contributed by atoms with E-state index in [2.05, 4.69) is 0 Å². The normalized spacial score (nSPS) is 12.1.